The van der Waals surface area contributed by atoms with Gasteiger partial charge in [0, 0.05) is 12.2 Å². The monoisotopic (exact) mass is 464 g/mol. The van der Waals surface area contributed by atoms with Crippen molar-refractivity contribution in [2.75, 3.05) is 16.4 Å². The largest absolute Gasteiger partial charge is 0.482 e. The fourth-order valence-corrected chi connectivity index (χ4v) is 4.43. The first-order chi connectivity index (χ1) is 17.1. The van der Waals surface area contributed by atoms with Gasteiger partial charge in [-0.05, 0) is 47.5 Å². The van der Waals surface area contributed by atoms with Gasteiger partial charge in [-0.1, -0.05) is 72.8 Å². The van der Waals surface area contributed by atoms with Crippen LogP contribution >= 0.6 is 0 Å². The number of aliphatic carboxylic acids is 1. The van der Waals surface area contributed by atoms with Crippen molar-refractivity contribution in [1.29, 1.82) is 0 Å². The number of fused-ring (bicyclic) bond motifs is 1. The number of nitrogens with zero attached hydrogens (tertiary/aromatic N) is 2. The van der Waals surface area contributed by atoms with Crippen LogP contribution in [0, 0.1) is 0 Å². The Morgan fingerprint density at radius 1 is 0.800 bits per heavy atom. The molecule has 0 aromatic heterocycles. The van der Waals surface area contributed by atoms with Crippen LogP contribution in [0.5, 0.6) is 5.75 Å². The fraction of sp³-hybridized carbons (Fsp3) is 0.103. The number of amides is 1. The van der Waals surface area contributed by atoms with Crippen LogP contribution in [0.4, 0.5) is 11.4 Å². The zero-order chi connectivity index (χ0) is 24.2. The number of ether oxygens (including phenoxy) is 1. The topological polar surface area (TPSA) is 70.1 Å². The third-order valence-corrected chi connectivity index (χ3v) is 5.97. The molecule has 1 amide bonds. The number of hydrogen-bond donors (Lipinski definition) is 1. The molecule has 5 rings (SSSR count). The lowest BCUT2D eigenvalue weighted by atomic mass is 9.99. The maximum absolute atomic E-state index is 13.9. The quantitative estimate of drug-likeness (QED) is 0.390. The van der Waals surface area contributed by atoms with Crippen molar-refractivity contribution >= 4 is 23.3 Å². The number of carbonyl (C=O) groups is 2. The molecule has 0 aliphatic carbocycles. The summed E-state index contributed by atoms with van der Waals surface area (Å²) in [5, 5.41) is 8.92. The molecule has 0 spiro atoms. The van der Waals surface area contributed by atoms with E-state index in [2.05, 4.69) is 17.0 Å². The van der Waals surface area contributed by atoms with E-state index in [4.69, 9.17) is 9.84 Å². The van der Waals surface area contributed by atoms with Crippen LogP contribution in [0.25, 0.3) is 0 Å². The second-order valence-corrected chi connectivity index (χ2v) is 8.27. The van der Waals surface area contributed by atoms with Crippen molar-refractivity contribution < 1.29 is 19.4 Å². The van der Waals surface area contributed by atoms with Crippen molar-refractivity contribution in [1.82, 2.24) is 0 Å². The predicted molar refractivity (Wildman–Crippen MR) is 135 cm³/mol. The molecule has 0 saturated heterocycles. The molecule has 0 fully saturated rings. The third-order valence-electron chi connectivity index (χ3n) is 5.97. The van der Waals surface area contributed by atoms with Gasteiger partial charge in [0.05, 0.1) is 11.3 Å². The minimum absolute atomic E-state index is 0.0766. The lowest BCUT2D eigenvalue weighted by Crippen LogP contribution is -2.49. The van der Waals surface area contributed by atoms with E-state index in [1.807, 2.05) is 89.8 Å². The van der Waals surface area contributed by atoms with Crippen LogP contribution in [-0.2, 0) is 11.3 Å². The summed E-state index contributed by atoms with van der Waals surface area (Å²) < 4.78 is 5.33. The van der Waals surface area contributed by atoms with Crippen molar-refractivity contribution in [3.8, 4) is 5.75 Å². The maximum atomic E-state index is 13.9. The Labute approximate surface area is 203 Å². The van der Waals surface area contributed by atoms with Gasteiger partial charge < -0.3 is 14.7 Å². The normalized spacial score (nSPS) is 15.0. The first-order valence-electron chi connectivity index (χ1n) is 11.3. The van der Waals surface area contributed by atoms with E-state index in [1.54, 1.807) is 12.1 Å². The molecule has 4 aromatic carbocycles. The van der Waals surface area contributed by atoms with Crippen LogP contribution in [0.3, 0.4) is 0 Å². The summed E-state index contributed by atoms with van der Waals surface area (Å²) in [6.45, 7) is 0.182. The Balaban J connectivity index is 1.63. The molecule has 1 aliphatic rings. The van der Waals surface area contributed by atoms with E-state index in [0.29, 0.717) is 17.9 Å². The van der Waals surface area contributed by atoms with Gasteiger partial charge in [-0.3, -0.25) is 9.69 Å². The summed E-state index contributed by atoms with van der Waals surface area (Å²) in [5.41, 5.74) is 4.31. The number of hydrogen-bond acceptors (Lipinski definition) is 4. The van der Waals surface area contributed by atoms with Gasteiger partial charge in [0.2, 0.25) is 0 Å². The Hall–Kier alpha value is -4.58. The Kier molecular flexibility index (Phi) is 6.18. The predicted octanol–water partition coefficient (Wildman–Crippen LogP) is 5.52. The highest BCUT2D eigenvalue weighted by Crippen LogP contribution is 2.42. The van der Waals surface area contributed by atoms with E-state index < -0.39 is 18.7 Å². The summed E-state index contributed by atoms with van der Waals surface area (Å²) in [5.74, 6) is -0.653. The van der Waals surface area contributed by atoms with Crippen LogP contribution in [0.1, 0.15) is 27.7 Å². The fourth-order valence-electron chi connectivity index (χ4n) is 4.43. The lowest BCUT2D eigenvalue weighted by molar-refractivity contribution is -0.139. The highest BCUT2D eigenvalue weighted by molar-refractivity contribution is 6.12. The highest BCUT2D eigenvalue weighted by atomic mass is 16.5. The molecule has 174 valence electrons. The maximum Gasteiger partial charge on any atom is 0.341 e. The standard InChI is InChI=1S/C29H24N2O4/c32-27(33)20-35-24-17-15-22(16-18-24)28-30(19-21-9-3-1-4-10-21)26-14-8-7-13-25(26)29(34)31(28)23-11-5-2-6-12-23/h1-18,28H,19-20H2,(H,32,33)/t28-/m1/s1. The van der Waals surface area contributed by atoms with E-state index in [-0.39, 0.29) is 5.91 Å². The van der Waals surface area contributed by atoms with Gasteiger partial charge in [0.25, 0.3) is 5.91 Å². The zero-order valence-electron chi connectivity index (χ0n) is 19.0. The number of rotatable bonds is 7. The van der Waals surface area contributed by atoms with E-state index in [1.165, 1.54) is 0 Å². The molecule has 0 bridgehead atoms. The average Bonchev–Trinajstić information content (AvgIpc) is 2.90. The molecule has 1 atom stereocenters. The molecular weight excluding hydrogens is 440 g/mol. The highest BCUT2D eigenvalue weighted by Gasteiger charge is 2.39. The number of carbonyl (C=O) groups excluding carboxylic acids is 1. The zero-order valence-corrected chi connectivity index (χ0v) is 19.0. The third kappa shape index (κ3) is 4.59. The van der Waals surface area contributed by atoms with Crippen molar-refractivity contribution in [2.24, 2.45) is 0 Å². The first-order valence-corrected chi connectivity index (χ1v) is 11.3. The Morgan fingerprint density at radius 2 is 1.43 bits per heavy atom. The van der Waals surface area contributed by atoms with Gasteiger partial charge in [-0.2, -0.15) is 0 Å². The Bertz CT molecular complexity index is 1320. The van der Waals surface area contributed by atoms with Gasteiger partial charge in [-0.25, -0.2) is 4.79 Å². The molecule has 1 N–H and O–H groups in total. The van der Waals surface area contributed by atoms with Gasteiger partial charge >= 0.3 is 5.97 Å². The SMILES string of the molecule is O=C(O)COc1ccc([C@@H]2N(Cc3ccccc3)c3ccccc3C(=O)N2c2ccccc2)cc1. The molecule has 0 radical (unpaired) electrons. The molecule has 1 heterocycles. The average molecular weight is 465 g/mol. The number of anilines is 2. The molecule has 1 aliphatic heterocycles. The van der Waals surface area contributed by atoms with E-state index in [0.717, 1.165) is 22.5 Å². The van der Waals surface area contributed by atoms with Gasteiger partial charge in [0.1, 0.15) is 11.9 Å². The Morgan fingerprint density at radius 3 is 2.11 bits per heavy atom. The first kappa shape index (κ1) is 22.2. The summed E-state index contributed by atoms with van der Waals surface area (Å²) >= 11 is 0. The number of para-hydroxylation sites is 2. The molecule has 4 aromatic rings. The smallest absolute Gasteiger partial charge is 0.341 e. The van der Waals surface area contributed by atoms with Crippen LogP contribution < -0.4 is 14.5 Å². The van der Waals surface area contributed by atoms with E-state index >= 15 is 0 Å². The minimum atomic E-state index is -1.03. The van der Waals surface area contributed by atoms with E-state index in [9.17, 15) is 9.59 Å². The summed E-state index contributed by atoms with van der Waals surface area (Å²) in [7, 11) is 0. The van der Waals surface area contributed by atoms with Crippen molar-refractivity contribution in [3.63, 3.8) is 0 Å². The van der Waals surface area contributed by atoms with Gasteiger partial charge in [-0.15, -0.1) is 0 Å². The van der Waals surface area contributed by atoms with Crippen molar-refractivity contribution in [2.45, 2.75) is 12.7 Å². The summed E-state index contributed by atoms with van der Waals surface area (Å²) in [6, 6.07) is 34.7. The van der Waals surface area contributed by atoms with Crippen LogP contribution in [0.2, 0.25) is 0 Å². The van der Waals surface area contributed by atoms with Crippen molar-refractivity contribution in [3.05, 3.63) is 126 Å². The number of carboxylic acid groups (broad SMARTS) is 1. The molecule has 0 unspecified atom stereocenters. The van der Waals surface area contributed by atoms with Crippen LogP contribution in [-0.4, -0.2) is 23.6 Å². The second kappa shape index (κ2) is 9.73. The molecular formula is C29H24N2O4. The molecule has 6 heteroatoms. The lowest BCUT2D eigenvalue weighted by Gasteiger charge is -2.46. The summed E-state index contributed by atoms with van der Waals surface area (Å²) in [6.07, 6.45) is -0.423. The number of benzene rings is 4. The molecule has 6 nitrogen and oxygen atoms in total. The van der Waals surface area contributed by atoms with Crippen LogP contribution in [0.15, 0.2) is 109 Å². The minimum Gasteiger partial charge on any atom is -0.482 e. The summed E-state index contributed by atoms with van der Waals surface area (Å²) in [4.78, 5) is 28.8. The van der Waals surface area contributed by atoms with Gasteiger partial charge in [0.15, 0.2) is 6.61 Å². The number of carboxylic acids is 1. The second-order valence-electron chi connectivity index (χ2n) is 8.27. The molecule has 0 saturated carbocycles. The molecule has 35 heavy (non-hydrogen) atoms.